The van der Waals surface area contributed by atoms with Crippen molar-refractivity contribution in [3.63, 3.8) is 0 Å². The smallest absolute Gasteiger partial charge is 0.320 e. The van der Waals surface area contributed by atoms with Gasteiger partial charge in [-0.25, -0.2) is 4.79 Å². The predicted molar refractivity (Wildman–Crippen MR) is 71.2 cm³/mol. The fourth-order valence-corrected chi connectivity index (χ4v) is 3.36. The molecule has 2 atom stereocenters. The predicted octanol–water partition coefficient (Wildman–Crippen LogP) is 2.87. The van der Waals surface area contributed by atoms with Crippen molar-refractivity contribution < 1.29 is 4.79 Å². The Morgan fingerprint density at radius 3 is 2.50 bits per heavy atom. The first-order valence-corrected chi connectivity index (χ1v) is 6.85. The SMILES string of the molecule is CN1C(=O)N(Cc2ccccc2)[C@H]2CCCC[C@H]21. The molecule has 1 saturated carbocycles. The average Bonchev–Trinajstić information content (AvgIpc) is 2.66. The van der Waals surface area contributed by atoms with E-state index < -0.39 is 0 Å². The molecule has 96 valence electrons. The molecule has 0 bridgehead atoms. The van der Waals surface area contributed by atoms with Crippen LogP contribution in [0.3, 0.4) is 0 Å². The van der Waals surface area contributed by atoms with Gasteiger partial charge in [-0.3, -0.25) is 0 Å². The third-order valence-electron chi connectivity index (χ3n) is 4.33. The molecule has 0 radical (unpaired) electrons. The number of fused-ring (bicyclic) bond motifs is 1. The minimum Gasteiger partial charge on any atom is -0.323 e. The second kappa shape index (κ2) is 4.63. The molecular weight excluding hydrogens is 224 g/mol. The first kappa shape index (κ1) is 11.6. The molecule has 1 aromatic rings. The van der Waals surface area contributed by atoms with Crippen LogP contribution in [0.25, 0.3) is 0 Å². The number of benzene rings is 1. The van der Waals surface area contributed by atoms with Gasteiger partial charge in [-0.15, -0.1) is 0 Å². The Morgan fingerprint density at radius 1 is 1.11 bits per heavy atom. The van der Waals surface area contributed by atoms with Gasteiger partial charge in [0, 0.05) is 13.6 Å². The van der Waals surface area contributed by atoms with Gasteiger partial charge in [0.05, 0.1) is 12.1 Å². The van der Waals surface area contributed by atoms with Crippen molar-refractivity contribution >= 4 is 6.03 Å². The van der Waals surface area contributed by atoms with Gasteiger partial charge < -0.3 is 9.80 Å². The third-order valence-corrected chi connectivity index (χ3v) is 4.33. The van der Waals surface area contributed by atoms with E-state index in [0.29, 0.717) is 12.1 Å². The van der Waals surface area contributed by atoms with Gasteiger partial charge >= 0.3 is 6.03 Å². The Hall–Kier alpha value is -1.51. The molecule has 2 fully saturated rings. The number of hydrogen-bond donors (Lipinski definition) is 0. The average molecular weight is 244 g/mol. The summed E-state index contributed by atoms with van der Waals surface area (Å²) in [5.41, 5.74) is 1.23. The molecule has 1 aliphatic heterocycles. The minimum absolute atomic E-state index is 0.204. The molecule has 1 aliphatic carbocycles. The molecule has 18 heavy (non-hydrogen) atoms. The summed E-state index contributed by atoms with van der Waals surface area (Å²) in [5.74, 6) is 0. The first-order valence-electron chi connectivity index (χ1n) is 6.85. The van der Waals surface area contributed by atoms with Crippen molar-refractivity contribution in [3.05, 3.63) is 35.9 Å². The normalized spacial score (nSPS) is 27.5. The summed E-state index contributed by atoms with van der Waals surface area (Å²) in [6.07, 6.45) is 4.84. The van der Waals surface area contributed by atoms with Crippen molar-refractivity contribution in [2.75, 3.05) is 7.05 Å². The van der Waals surface area contributed by atoms with Crippen LogP contribution in [-0.2, 0) is 6.54 Å². The van der Waals surface area contributed by atoms with Crippen LogP contribution in [0.15, 0.2) is 30.3 Å². The van der Waals surface area contributed by atoms with Gasteiger partial charge in [0.25, 0.3) is 0 Å². The van der Waals surface area contributed by atoms with E-state index in [4.69, 9.17) is 0 Å². The molecule has 0 N–H and O–H groups in total. The van der Waals surface area contributed by atoms with Gasteiger partial charge in [0.1, 0.15) is 0 Å². The Labute approximate surface area is 108 Å². The lowest BCUT2D eigenvalue weighted by molar-refractivity contribution is 0.185. The van der Waals surface area contributed by atoms with Crippen LogP contribution in [0.2, 0.25) is 0 Å². The lowest BCUT2D eigenvalue weighted by Crippen LogP contribution is -2.38. The van der Waals surface area contributed by atoms with Crippen LogP contribution in [0.5, 0.6) is 0 Å². The molecule has 0 spiro atoms. The molecule has 1 saturated heterocycles. The van der Waals surface area contributed by atoms with Gasteiger partial charge in [0.2, 0.25) is 0 Å². The Balaban J connectivity index is 1.80. The highest BCUT2D eigenvalue weighted by atomic mass is 16.2. The monoisotopic (exact) mass is 244 g/mol. The highest BCUT2D eigenvalue weighted by Crippen LogP contribution is 2.33. The Bertz CT molecular complexity index is 431. The minimum atomic E-state index is 0.204. The Morgan fingerprint density at radius 2 is 1.78 bits per heavy atom. The van der Waals surface area contributed by atoms with Gasteiger partial charge in [-0.1, -0.05) is 43.2 Å². The van der Waals surface area contributed by atoms with E-state index >= 15 is 0 Å². The molecule has 2 aliphatic rings. The van der Waals surface area contributed by atoms with E-state index in [1.165, 1.54) is 18.4 Å². The molecule has 3 rings (SSSR count). The van der Waals surface area contributed by atoms with Crippen molar-refractivity contribution in [1.29, 1.82) is 0 Å². The number of likely N-dealkylation sites (N-methyl/N-ethyl adjacent to an activating group) is 1. The lowest BCUT2D eigenvalue weighted by Gasteiger charge is -2.31. The van der Waals surface area contributed by atoms with E-state index in [9.17, 15) is 4.79 Å². The summed E-state index contributed by atoms with van der Waals surface area (Å²) in [6.45, 7) is 0.755. The number of urea groups is 1. The molecular formula is C15H20N2O. The highest BCUT2D eigenvalue weighted by molar-refractivity contribution is 5.77. The van der Waals surface area contributed by atoms with E-state index in [-0.39, 0.29) is 6.03 Å². The van der Waals surface area contributed by atoms with Crippen molar-refractivity contribution in [2.24, 2.45) is 0 Å². The third kappa shape index (κ3) is 1.88. The van der Waals surface area contributed by atoms with E-state index in [2.05, 4.69) is 17.0 Å². The van der Waals surface area contributed by atoms with Crippen LogP contribution in [-0.4, -0.2) is 35.0 Å². The number of nitrogens with zero attached hydrogens (tertiary/aromatic N) is 2. The molecule has 0 aromatic heterocycles. The molecule has 1 heterocycles. The summed E-state index contributed by atoms with van der Waals surface area (Å²) < 4.78 is 0. The second-order valence-corrected chi connectivity index (χ2v) is 5.43. The van der Waals surface area contributed by atoms with Crippen molar-refractivity contribution in [3.8, 4) is 0 Å². The van der Waals surface area contributed by atoms with Crippen LogP contribution < -0.4 is 0 Å². The Kier molecular flexibility index (Phi) is 2.98. The van der Waals surface area contributed by atoms with Crippen LogP contribution in [0, 0.1) is 0 Å². The zero-order chi connectivity index (χ0) is 12.5. The molecule has 1 aromatic carbocycles. The summed E-state index contributed by atoms with van der Waals surface area (Å²) >= 11 is 0. The standard InChI is InChI=1S/C15H20N2O/c1-16-13-9-5-6-10-14(13)17(15(16)18)11-12-7-3-2-4-8-12/h2-4,7-8,13-14H,5-6,9-11H2,1H3/t13-,14+/m1/s1. The van der Waals surface area contributed by atoms with E-state index in [1.807, 2.05) is 30.1 Å². The number of carbonyl (C=O) groups is 1. The van der Waals surface area contributed by atoms with E-state index in [0.717, 1.165) is 19.4 Å². The summed E-state index contributed by atoms with van der Waals surface area (Å²) in [6, 6.07) is 11.4. The summed E-state index contributed by atoms with van der Waals surface area (Å²) in [4.78, 5) is 16.3. The molecule has 3 nitrogen and oxygen atoms in total. The fourth-order valence-electron chi connectivity index (χ4n) is 3.36. The van der Waals surface area contributed by atoms with E-state index in [1.54, 1.807) is 0 Å². The van der Waals surface area contributed by atoms with Crippen LogP contribution >= 0.6 is 0 Å². The second-order valence-electron chi connectivity index (χ2n) is 5.43. The van der Waals surface area contributed by atoms with Crippen molar-refractivity contribution in [2.45, 2.75) is 44.3 Å². The van der Waals surface area contributed by atoms with Gasteiger partial charge in [0.15, 0.2) is 0 Å². The lowest BCUT2D eigenvalue weighted by atomic mass is 9.90. The molecule has 2 amide bonds. The maximum atomic E-state index is 12.3. The molecule has 0 unspecified atom stereocenters. The number of rotatable bonds is 2. The number of amides is 2. The molecule has 3 heteroatoms. The van der Waals surface area contributed by atoms with Gasteiger partial charge in [-0.05, 0) is 18.4 Å². The zero-order valence-corrected chi connectivity index (χ0v) is 10.9. The van der Waals surface area contributed by atoms with Crippen molar-refractivity contribution in [1.82, 2.24) is 9.80 Å². The highest BCUT2D eigenvalue weighted by Gasteiger charge is 2.44. The maximum absolute atomic E-state index is 12.3. The number of carbonyl (C=O) groups excluding carboxylic acids is 1. The van der Waals surface area contributed by atoms with Gasteiger partial charge in [-0.2, -0.15) is 0 Å². The number of hydrogen-bond acceptors (Lipinski definition) is 1. The summed E-state index contributed by atoms with van der Waals surface area (Å²) in [5, 5.41) is 0. The fraction of sp³-hybridized carbons (Fsp3) is 0.533. The maximum Gasteiger partial charge on any atom is 0.320 e. The zero-order valence-electron chi connectivity index (χ0n) is 10.9. The van der Waals surface area contributed by atoms with Crippen LogP contribution in [0.4, 0.5) is 4.79 Å². The van der Waals surface area contributed by atoms with Crippen LogP contribution in [0.1, 0.15) is 31.2 Å². The topological polar surface area (TPSA) is 23.6 Å². The first-order chi connectivity index (χ1) is 8.77. The quantitative estimate of drug-likeness (QED) is 0.784. The summed E-state index contributed by atoms with van der Waals surface area (Å²) in [7, 11) is 1.95. The largest absolute Gasteiger partial charge is 0.323 e.